The van der Waals surface area contributed by atoms with E-state index in [2.05, 4.69) is 40.0 Å². The smallest absolute Gasteiger partial charge is 0.140 e. The lowest BCUT2D eigenvalue weighted by Gasteiger charge is -2.26. The summed E-state index contributed by atoms with van der Waals surface area (Å²) < 4.78 is 0. The van der Waals surface area contributed by atoms with Crippen LogP contribution in [0.1, 0.15) is 31.2 Å². The third kappa shape index (κ3) is 1.88. The summed E-state index contributed by atoms with van der Waals surface area (Å²) in [6, 6.07) is 7.19. The van der Waals surface area contributed by atoms with Crippen molar-refractivity contribution in [2.45, 2.75) is 38.6 Å². The second-order valence-electron chi connectivity index (χ2n) is 5.96. The highest BCUT2D eigenvalue weighted by Crippen LogP contribution is 2.42. The second-order valence-corrected chi connectivity index (χ2v) is 5.96. The summed E-state index contributed by atoms with van der Waals surface area (Å²) in [7, 11) is 0. The number of nitrogens with zero attached hydrogens (tertiary/aromatic N) is 3. The third-order valence-electron chi connectivity index (χ3n) is 4.51. The molecule has 1 atom stereocenters. The highest BCUT2D eigenvalue weighted by atomic mass is 15.2. The lowest BCUT2D eigenvalue weighted by Crippen LogP contribution is -2.31. The molecule has 0 bridgehead atoms. The first-order chi connectivity index (χ1) is 9.33. The van der Waals surface area contributed by atoms with E-state index in [0.29, 0.717) is 0 Å². The van der Waals surface area contributed by atoms with E-state index in [1.165, 1.54) is 36.6 Å². The lowest BCUT2D eigenvalue weighted by molar-refractivity contribution is 0.589. The van der Waals surface area contributed by atoms with Crippen LogP contribution < -0.4 is 4.90 Å². The molecule has 3 nitrogen and oxygen atoms in total. The van der Waals surface area contributed by atoms with E-state index in [0.717, 1.165) is 29.8 Å². The van der Waals surface area contributed by atoms with Crippen LogP contribution in [-0.2, 0) is 0 Å². The summed E-state index contributed by atoms with van der Waals surface area (Å²) in [5, 5.41) is 1.22. The Bertz CT molecular complexity index is 618. The first kappa shape index (κ1) is 11.2. The van der Waals surface area contributed by atoms with Crippen LogP contribution in [0.5, 0.6) is 0 Å². The largest absolute Gasteiger partial charge is 0.353 e. The molecule has 1 aliphatic heterocycles. The summed E-state index contributed by atoms with van der Waals surface area (Å²) in [6.45, 7) is 3.29. The second kappa shape index (κ2) is 4.19. The van der Waals surface area contributed by atoms with Crippen molar-refractivity contribution in [1.82, 2.24) is 9.97 Å². The molecule has 2 heterocycles. The van der Waals surface area contributed by atoms with Crippen LogP contribution >= 0.6 is 0 Å². The lowest BCUT2D eigenvalue weighted by atomic mass is 10.1. The molecule has 1 aromatic heterocycles. The van der Waals surface area contributed by atoms with Gasteiger partial charge in [-0.15, -0.1) is 0 Å². The maximum atomic E-state index is 4.61. The Morgan fingerprint density at radius 3 is 2.89 bits per heavy atom. The van der Waals surface area contributed by atoms with Crippen molar-refractivity contribution in [2.75, 3.05) is 11.4 Å². The molecular formula is C16H19N3. The summed E-state index contributed by atoms with van der Waals surface area (Å²) >= 11 is 0. The van der Waals surface area contributed by atoms with Gasteiger partial charge in [-0.3, -0.25) is 0 Å². The van der Waals surface area contributed by atoms with Gasteiger partial charge in [0.2, 0.25) is 0 Å². The number of rotatable bonds is 2. The summed E-state index contributed by atoms with van der Waals surface area (Å²) in [6.07, 6.45) is 7.17. The minimum atomic E-state index is 0.721. The van der Waals surface area contributed by atoms with Gasteiger partial charge in [-0.2, -0.15) is 0 Å². The average Bonchev–Trinajstić information content (AvgIpc) is 3.16. The Kier molecular flexibility index (Phi) is 2.47. The van der Waals surface area contributed by atoms with E-state index in [1.807, 2.05) is 0 Å². The van der Waals surface area contributed by atoms with E-state index >= 15 is 0 Å². The summed E-state index contributed by atoms with van der Waals surface area (Å²) in [5.41, 5.74) is 2.35. The van der Waals surface area contributed by atoms with Crippen LogP contribution in [0.4, 0.5) is 5.82 Å². The number of hydrogen-bond acceptors (Lipinski definition) is 3. The van der Waals surface area contributed by atoms with Gasteiger partial charge >= 0.3 is 0 Å². The maximum Gasteiger partial charge on any atom is 0.140 e. The van der Waals surface area contributed by atoms with Crippen molar-refractivity contribution >= 4 is 16.7 Å². The molecule has 0 radical (unpaired) electrons. The van der Waals surface area contributed by atoms with Crippen LogP contribution in [0.15, 0.2) is 24.5 Å². The molecule has 1 unspecified atom stereocenters. The fraction of sp³-hybridized carbons (Fsp3) is 0.500. The number of hydrogen-bond donors (Lipinski definition) is 0. The van der Waals surface area contributed by atoms with Gasteiger partial charge in [0.15, 0.2) is 0 Å². The third-order valence-corrected chi connectivity index (χ3v) is 4.51. The minimum absolute atomic E-state index is 0.721. The Balaban J connectivity index is 1.83. The van der Waals surface area contributed by atoms with Crippen molar-refractivity contribution in [3.63, 3.8) is 0 Å². The molecule has 1 saturated heterocycles. The number of anilines is 1. The van der Waals surface area contributed by atoms with Gasteiger partial charge in [0, 0.05) is 18.0 Å². The molecule has 98 valence electrons. The number of fused-ring (bicyclic) bond motifs is 1. The zero-order valence-corrected chi connectivity index (χ0v) is 11.3. The Labute approximate surface area is 113 Å². The topological polar surface area (TPSA) is 29.0 Å². The predicted octanol–water partition coefficient (Wildman–Crippen LogP) is 3.32. The molecule has 3 heteroatoms. The van der Waals surface area contributed by atoms with E-state index in [-0.39, 0.29) is 0 Å². The molecule has 19 heavy (non-hydrogen) atoms. The maximum absolute atomic E-state index is 4.61. The van der Waals surface area contributed by atoms with Crippen LogP contribution in [0.2, 0.25) is 0 Å². The highest BCUT2D eigenvalue weighted by Gasteiger charge is 2.38. The van der Waals surface area contributed by atoms with E-state index < -0.39 is 0 Å². The first-order valence-corrected chi connectivity index (χ1v) is 7.31. The molecule has 2 fully saturated rings. The first-order valence-electron chi connectivity index (χ1n) is 7.31. The van der Waals surface area contributed by atoms with E-state index in [1.54, 1.807) is 6.33 Å². The van der Waals surface area contributed by atoms with Crippen LogP contribution in [0.25, 0.3) is 10.9 Å². The quantitative estimate of drug-likeness (QED) is 0.822. The molecule has 2 aromatic rings. The van der Waals surface area contributed by atoms with Crippen molar-refractivity contribution in [2.24, 2.45) is 5.92 Å². The number of aryl methyl sites for hydroxylation is 1. The van der Waals surface area contributed by atoms with Crippen molar-refractivity contribution < 1.29 is 0 Å². The summed E-state index contributed by atoms with van der Waals surface area (Å²) in [5.74, 6) is 2.07. The molecule has 1 aliphatic carbocycles. The Morgan fingerprint density at radius 1 is 1.16 bits per heavy atom. The van der Waals surface area contributed by atoms with Gasteiger partial charge in [0.05, 0.1) is 5.52 Å². The predicted molar refractivity (Wildman–Crippen MR) is 77.4 cm³/mol. The normalized spacial score (nSPS) is 23.2. The van der Waals surface area contributed by atoms with Crippen LogP contribution in [-0.4, -0.2) is 22.6 Å². The molecule has 0 spiro atoms. The number of aromatic nitrogens is 2. The molecule has 2 aliphatic rings. The molecule has 1 aromatic carbocycles. The average molecular weight is 253 g/mol. The minimum Gasteiger partial charge on any atom is -0.353 e. The number of benzene rings is 1. The Morgan fingerprint density at radius 2 is 2.05 bits per heavy atom. The fourth-order valence-electron chi connectivity index (χ4n) is 3.41. The molecule has 0 amide bonds. The van der Waals surface area contributed by atoms with Crippen molar-refractivity contribution in [1.29, 1.82) is 0 Å². The SMILES string of the molecule is Cc1ccc2ncnc(N3CCCC3C3CC3)c2c1. The van der Waals surface area contributed by atoms with Crippen LogP contribution in [0, 0.1) is 12.8 Å². The van der Waals surface area contributed by atoms with Gasteiger partial charge in [-0.05, 0) is 50.7 Å². The molecule has 4 rings (SSSR count). The van der Waals surface area contributed by atoms with E-state index in [4.69, 9.17) is 0 Å². The van der Waals surface area contributed by atoms with E-state index in [9.17, 15) is 0 Å². The van der Waals surface area contributed by atoms with Gasteiger partial charge in [-0.25, -0.2) is 9.97 Å². The van der Waals surface area contributed by atoms with Crippen molar-refractivity contribution in [3.05, 3.63) is 30.1 Å². The zero-order chi connectivity index (χ0) is 12.8. The van der Waals surface area contributed by atoms with Gasteiger partial charge in [-0.1, -0.05) is 11.6 Å². The molecular weight excluding hydrogens is 234 g/mol. The molecule has 1 saturated carbocycles. The van der Waals surface area contributed by atoms with Gasteiger partial charge in [0.1, 0.15) is 12.1 Å². The van der Waals surface area contributed by atoms with Gasteiger partial charge in [0.25, 0.3) is 0 Å². The van der Waals surface area contributed by atoms with Crippen molar-refractivity contribution in [3.8, 4) is 0 Å². The molecule has 0 N–H and O–H groups in total. The van der Waals surface area contributed by atoms with Gasteiger partial charge < -0.3 is 4.90 Å². The fourth-order valence-corrected chi connectivity index (χ4v) is 3.41. The monoisotopic (exact) mass is 253 g/mol. The van der Waals surface area contributed by atoms with Crippen LogP contribution in [0.3, 0.4) is 0 Å². The Hall–Kier alpha value is -1.64. The standard InChI is InChI=1S/C16H19N3/c1-11-4-7-14-13(9-11)16(18-10-17-14)19-8-2-3-15(19)12-5-6-12/h4,7,9-10,12,15H,2-3,5-6,8H2,1H3. The zero-order valence-electron chi connectivity index (χ0n) is 11.3. The highest BCUT2D eigenvalue weighted by molar-refractivity contribution is 5.90. The summed E-state index contributed by atoms with van der Waals surface area (Å²) in [4.78, 5) is 11.6.